The highest BCUT2D eigenvalue weighted by Crippen LogP contribution is 2.33. The van der Waals surface area contributed by atoms with Crippen LogP contribution < -0.4 is 10.1 Å². The standard InChI is InChI=1S/C23H15ClN4O2/c24-16-7-4-8-19(13-16)29-18-11-9-17(10-12-18)27-22-20-21(15-5-2-1-3-6-15)28-30-23(20)26-14-25-22/h1-14H,(H,25,26,27). The van der Waals surface area contributed by atoms with Crippen molar-refractivity contribution in [2.24, 2.45) is 0 Å². The van der Waals surface area contributed by atoms with Gasteiger partial charge < -0.3 is 14.6 Å². The van der Waals surface area contributed by atoms with Crippen molar-refractivity contribution < 1.29 is 9.26 Å². The lowest BCUT2D eigenvalue weighted by Crippen LogP contribution is -1.96. The zero-order valence-corrected chi connectivity index (χ0v) is 16.4. The molecule has 146 valence electrons. The number of hydrogen-bond donors (Lipinski definition) is 1. The molecule has 1 N–H and O–H groups in total. The maximum absolute atomic E-state index is 6.01. The first-order valence-corrected chi connectivity index (χ1v) is 9.60. The van der Waals surface area contributed by atoms with Gasteiger partial charge in [-0.1, -0.05) is 53.2 Å². The summed E-state index contributed by atoms with van der Waals surface area (Å²) in [6.45, 7) is 0. The van der Waals surface area contributed by atoms with E-state index in [1.54, 1.807) is 12.1 Å². The number of benzene rings is 3. The number of halogens is 1. The number of rotatable bonds is 5. The highest BCUT2D eigenvalue weighted by atomic mass is 35.5. The van der Waals surface area contributed by atoms with Gasteiger partial charge in [-0.05, 0) is 42.5 Å². The van der Waals surface area contributed by atoms with Gasteiger partial charge in [0.25, 0.3) is 5.71 Å². The van der Waals surface area contributed by atoms with E-state index in [-0.39, 0.29) is 0 Å². The summed E-state index contributed by atoms with van der Waals surface area (Å²) in [5.41, 5.74) is 2.88. The molecular formula is C23H15ClN4O2. The minimum absolute atomic E-state index is 0.423. The van der Waals surface area contributed by atoms with E-state index in [1.165, 1.54) is 6.33 Å². The Bertz CT molecular complexity index is 1300. The van der Waals surface area contributed by atoms with Crippen LogP contribution in [0.1, 0.15) is 0 Å². The van der Waals surface area contributed by atoms with E-state index in [0.717, 1.165) is 16.6 Å². The second-order valence-electron chi connectivity index (χ2n) is 6.51. The van der Waals surface area contributed by atoms with E-state index < -0.39 is 0 Å². The van der Waals surface area contributed by atoms with E-state index in [0.29, 0.717) is 33.7 Å². The third-order valence-electron chi connectivity index (χ3n) is 4.47. The van der Waals surface area contributed by atoms with Crippen LogP contribution in [0.15, 0.2) is 89.7 Å². The lowest BCUT2D eigenvalue weighted by molar-refractivity contribution is 0.451. The zero-order chi connectivity index (χ0) is 20.3. The van der Waals surface area contributed by atoms with Crippen molar-refractivity contribution in [1.29, 1.82) is 0 Å². The van der Waals surface area contributed by atoms with E-state index >= 15 is 0 Å². The van der Waals surface area contributed by atoms with Crippen LogP contribution in [0.3, 0.4) is 0 Å². The first kappa shape index (κ1) is 18.1. The van der Waals surface area contributed by atoms with Gasteiger partial charge in [-0.2, -0.15) is 4.98 Å². The molecule has 0 atom stereocenters. The summed E-state index contributed by atoms with van der Waals surface area (Å²) in [4.78, 5) is 8.58. The highest BCUT2D eigenvalue weighted by Gasteiger charge is 2.16. The maximum atomic E-state index is 6.01. The fourth-order valence-corrected chi connectivity index (χ4v) is 3.26. The molecule has 0 aliphatic rings. The van der Waals surface area contributed by atoms with Crippen LogP contribution in [-0.4, -0.2) is 15.1 Å². The van der Waals surface area contributed by atoms with Gasteiger partial charge in [0.05, 0.1) is 0 Å². The van der Waals surface area contributed by atoms with Crippen molar-refractivity contribution in [3.8, 4) is 22.8 Å². The number of nitrogens with zero attached hydrogens (tertiary/aromatic N) is 3. The van der Waals surface area contributed by atoms with Crippen LogP contribution in [0.4, 0.5) is 11.5 Å². The van der Waals surface area contributed by atoms with E-state index in [1.807, 2.05) is 66.7 Å². The van der Waals surface area contributed by atoms with Crippen LogP contribution in [0, 0.1) is 0 Å². The molecule has 5 rings (SSSR count). The Hall–Kier alpha value is -3.90. The second kappa shape index (κ2) is 7.85. The van der Waals surface area contributed by atoms with Crippen LogP contribution in [0.25, 0.3) is 22.4 Å². The van der Waals surface area contributed by atoms with E-state index in [4.69, 9.17) is 20.9 Å². The van der Waals surface area contributed by atoms with Crippen molar-refractivity contribution in [1.82, 2.24) is 15.1 Å². The average molecular weight is 415 g/mol. The number of ether oxygens (including phenoxy) is 1. The molecule has 0 radical (unpaired) electrons. The van der Waals surface area contributed by atoms with Gasteiger partial charge in [0.1, 0.15) is 34.7 Å². The summed E-state index contributed by atoms with van der Waals surface area (Å²) >= 11 is 6.01. The van der Waals surface area contributed by atoms with Crippen molar-refractivity contribution in [3.05, 3.63) is 90.2 Å². The normalized spacial score (nSPS) is 10.8. The number of aromatic nitrogens is 3. The maximum Gasteiger partial charge on any atom is 0.263 e. The summed E-state index contributed by atoms with van der Waals surface area (Å²) < 4.78 is 11.2. The van der Waals surface area contributed by atoms with Gasteiger partial charge in [-0.15, -0.1) is 0 Å². The second-order valence-corrected chi connectivity index (χ2v) is 6.94. The molecular weight excluding hydrogens is 400 g/mol. The zero-order valence-electron chi connectivity index (χ0n) is 15.6. The van der Waals surface area contributed by atoms with Crippen LogP contribution in [-0.2, 0) is 0 Å². The van der Waals surface area contributed by atoms with Crippen LogP contribution >= 0.6 is 11.6 Å². The largest absolute Gasteiger partial charge is 0.457 e. The smallest absolute Gasteiger partial charge is 0.263 e. The Kier molecular flexibility index (Phi) is 4.75. The molecule has 7 heteroatoms. The minimum Gasteiger partial charge on any atom is -0.457 e. The van der Waals surface area contributed by atoms with Gasteiger partial charge in [0.15, 0.2) is 0 Å². The molecule has 0 saturated carbocycles. The third kappa shape index (κ3) is 3.68. The van der Waals surface area contributed by atoms with Crippen molar-refractivity contribution in [2.45, 2.75) is 0 Å². The molecule has 0 aliphatic carbocycles. The Morgan fingerprint density at radius 1 is 0.833 bits per heavy atom. The van der Waals surface area contributed by atoms with Crippen LogP contribution in [0.5, 0.6) is 11.5 Å². The molecule has 0 aliphatic heterocycles. The van der Waals surface area contributed by atoms with Crippen molar-refractivity contribution >= 4 is 34.2 Å². The minimum atomic E-state index is 0.423. The molecule has 30 heavy (non-hydrogen) atoms. The molecule has 3 aromatic carbocycles. The summed E-state index contributed by atoms with van der Waals surface area (Å²) in [6.07, 6.45) is 1.45. The van der Waals surface area contributed by atoms with Gasteiger partial charge >= 0.3 is 0 Å². The van der Waals surface area contributed by atoms with Gasteiger partial charge in [0.2, 0.25) is 0 Å². The lowest BCUT2D eigenvalue weighted by atomic mass is 10.1. The Morgan fingerprint density at radius 2 is 1.67 bits per heavy atom. The molecule has 5 aromatic rings. The Balaban J connectivity index is 1.42. The quantitative estimate of drug-likeness (QED) is 0.355. The SMILES string of the molecule is Clc1cccc(Oc2ccc(Nc3ncnc4onc(-c5ccccc5)c34)cc2)c1. The lowest BCUT2D eigenvalue weighted by Gasteiger charge is -2.09. The van der Waals surface area contributed by atoms with Crippen molar-refractivity contribution in [2.75, 3.05) is 5.32 Å². The molecule has 6 nitrogen and oxygen atoms in total. The number of fused-ring (bicyclic) bond motifs is 1. The number of hydrogen-bond acceptors (Lipinski definition) is 6. The first-order chi connectivity index (χ1) is 14.8. The van der Waals surface area contributed by atoms with Gasteiger partial charge in [-0.25, -0.2) is 4.98 Å². The molecule has 0 bridgehead atoms. The highest BCUT2D eigenvalue weighted by molar-refractivity contribution is 6.30. The first-order valence-electron chi connectivity index (χ1n) is 9.22. The topological polar surface area (TPSA) is 73.1 Å². The average Bonchev–Trinajstić information content (AvgIpc) is 3.21. The molecule has 0 saturated heterocycles. The molecule has 2 heterocycles. The number of anilines is 2. The predicted octanol–water partition coefficient (Wildman–Crippen LogP) is 6.47. The van der Waals surface area contributed by atoms with E-state index in [9.17, 15) is 0 Å². The molecule has 0 fully saturated rings. The summed E-state index contributed by atoms with van der Waals surface area (Å²) in [5.74, 6) is 1.99. The molecule has 0 amide bonds. The summed E-state index contributed by atoms with van der Waals surface area (Å²) in [6, 6.07) is 24.6. The third-order valence-corrected chi connectivity index (χ3v) is 4.70. The van der Waals surface area contributed by atoms with E-state index in [2.05, 4.69) is 20.4 Å². The molecule has 0 unspecified atom stereocenters. The fraction of sp³-hybridized carbons (Fsp3) is 0. The van der Waals surface area contributed by atoms with Crippen molar-refractivity contribution in [3.63, 3.8) is 0 Å². The van der Waals surface area contributed by atoms with Gasteiger partial charge in [0, 0.05) is 16.3 Å². The van der Waals surface area contributed by atoms with Gasteiger partial charge in [-0.3, -0.25) is 0 Å². The summed E-state index contributed by atoms with van der Waals surface area (Å²) in [5, 5.41) is 8.85. The fourth-order valence-electron chi connectivity index (χ4n) is 3.08. The molecule has 2 aromatic heterocycles. The monoisotopic (exact) mass is 414 g/mol. The number of nitrogens with one attached hydrogen (secondary N) is 1. The molecule has 0 spiro atoms. The summed E-state index contributed by atoms with van der Waals surface area (Å²) in [7, 11) is 0. The Morgan fingerprint density at radius 3 is 2.47 bits per heavy atom. The predicted molar refractivity (Wildman–Crippen MR) is 116 cm³/mol. The van der Waals surface area contributed by atoms with Crippen LogP contribution in [0.2, 0.25) is 5.02 Å². The Labute approximate surface area is 177 Å².